The summed E-state index contributed by atoms with van der Waals surface area (Å²) in [5.41, 5.74) is 0. The van der Waals surface area contributed by atoms with Gasteiger partial charge in [0.25, 0.3) is 0 Å². The summed E-state index contributed by atoms with van der Waals surface area (Å²) in [6.07, 6.45) is -6.50. The fraction of sp³-hybridized carbons (Fsp3) is 1.00. The Hall–Kier alpha value is -0.380. The van der Waals surface area contributed by atoms with E-state index in [0.29, 0.717) is 0 Å². The number of aliphatic hydroxyl groups excluding tert-OH is 1. The minimum Gasteiger partial charge on any atom is -0.394 e. The molecule has 1 aliphatic heterocycles. The molecule has 1 saturated heterocycles. The summed E-state index contributed by atoms with van der Waals surface area (Å²) >= 11 is 0. The fourth-order valence-corrected chi connectivity index (χ4v) is 3.15. The van der Waals surface area contributed by atoms with E-state index in [1.807, 2.05) is 0 Å². The maximum atomic E-state index is 11.9. The molecule has 0 radical (unpaired) electrons. The Labute approximate surface area is 104 Å². The molecule has 0 aliphatic carbocycles. The zero-order valence-electron chi connectivity index (χ0n) is 9.69. The van der Waals surface area contributed by atoms with Crippen molar-refractivity contribution < 1.29 is 31.4 Å². The summed E-state index contributed by atoms with van der Waals surface area (Å²) < 4.78 is 65.4. The van der Waals surface area contributed by atoms with E-state index in [1.165, 1.54) is 0 Å². The van der Waals surface area contributed by atoms with Crippen molar-refractivity contribution in [3.05, 3.63) is 0 Å². The molecule has 1 atom stereocenters. The fourth-order valence-electron chi connectivity index (χ4n) is 1.64. The van der Waals surface area contributed by atoms with Crippen molar-refractivity contribution in [2.75, 3.05) is 32.1 Å². The molecule has 18 heavy (non-hydrogen) atoms. The van der Waals surface area contributed by atoms with Gasteiger partial charge in [0, 0.05) is 19.5 Å². The Balaban J connectivity index is 2.47. The number of ether oxygens (including phenoxy) is 1. The molecule has 0 saturated carbocycles. The second-order valence-corrected chi connectivity index (χ2v) is 6.16. The van der Waals surface area contributed by atoms with Crippen molar-refractivity contribution in [3.63, 3.8) is 0 Å². The van der Waals surface area contributed by atoms with Crippen LogP contribution in [0, 0.1) is 0 Å². The average molecular weight is 291 g/mol. The zero-order chi connectivity index (χ0) is 13.8. The predicted octanol–water partition coefficient (Wildman–Crippen LogP) is 0.352. The minimum atomic E-state index is -4.34. The maximum absolute atomic E-state index is 11.9. The van der Waals surface area contributed by atoms with Gasteiger partial charge in [-0.25, -0.2) is 8.42 Å². The first-order chi connectivity index (χ1) is 8.24. The lowest BCUT2D eigenvalue weighted by molar-refractivity contribution is -0.134. The van der Waals surface area contributed by atoms with Gasteiger partial charge in [-0.1, -0.05) is 0 Å². The number of rotatable bonds is 5. The number of sulfonamides is 1. The molecule has 1 heterocycles. The molecule has 1 rings (SSSR count). The van der Waals surface area contributed by atoms with Gasteiger partial charge in [0.05, 0.1) is 25.1 Å². The molecule has 1 unspecified atom stereocenters. The average Bonchev–Trinajstić information content (AvgIpc) is 2.27. The van der Waals surface area contributed by atoms with Gasteiger partial charge in [-0.2, -0.15) is 17.5 Å². The SMILES string of the molecule is O=S(=O)(CCCC(F)(F)F)N1CCOC(CO)C1. The normalized spacial score (nSPS) is 23.2. The number of hydrogen-bond donors (Lipinski definition) is 1. The maximum Gasteiger partial charge on any atom is 0.389 e. The lowest BCUT2D eigenvalue weighted by Crippen LogP contribution is -2.47. The largest absolute Gasteiger partial charge is 0.394 e. The van der Waals surface area contributed by atoms with Crippen LogP contribution in [0.4, 0.5) is 13.2 Å². The van der Waals surface area contributed by atoms with Gasteiger partial charge in [-0.05, 0) is 6.42 Å². The zero-order valence-corrected chi connectivity index (χ0v) is 10.5. The molecule has 108 valence electrons. The third-order valence-corrected chi connectivity index (χ3v) is 4.48. The van der Waals surface area contributed by atoms with Crippen LogP contribution in [0.3, 0.4) is 0 Å². The molecule has 1 aliphatic rings. The number of halogens is 3. The molecule has 1 N–H and O–H groups in total. The highest BCUT2D eigenvalue weighted by Gasteiger charge is 2.31. The van der Waals surface area contributed by atoms with Gasteiger partial charge >= 0.3 is 6.18 Å². The van der Waals surface area contributed by atoms with Crippen LogP contribution in [0.5, 0.6) is 0 Å². The summed E-state index contributed by atoms with van der Waals surface area (Å²) in [7, 11) is -3.71. The first-order valence-electron chi connectivity index (χ1n) is 5.51. The topological polar surface area (TPSA) is 66.8 Å². The molecule has 9 heteroatoms. The molecule has 0 aromatic rings. The molecule has 0 amide bonds. The molecule has 1 fully saturated rings. The van der Waals surface area contributed by atoms with Crippen LogP contribution in [-0.4, -0.2) is 62.2 Å². The van der Waals surface area contributed by atoms with E-state index in [4.69, 9.17) is 9.84 Å². The number of nitrogens with zero attached hydrogens (tertiary/aromatic N) is 1. The van der Waals surface area contributed by atoms with Crippen molar-refractivity contribution in [2.24, 2.45) is 0 Å². The third kappa shape index (κ3) is 5.09. The van der Waals surface area contributed by atoms with Crippen molar-refractivity contribution in [1.82, 2.24) is 4.31 Å². The van der Waals surface area contributed by atoms with Crippen molar-refractivity contribution in [3.8, 4) is 0 Å². The highest BCUT2D eigenvalue weighted by molar-refractivity contribution is 7.89. The summed E-state index contributed by atoms with van der Waals surface area (Å²) in [5, 5.41) is 8.86. The molecule has 0 aromatic carbocycles. The van der Waals surface area contributed by atoms with Crippen LogP contribution in [-0.2, 0) is 14.8 Å². The van der Waals surface area contributed by atoms with Gasteiger partial charge < -0.3 is 9.84 Å². The standard InChI is InChI=1S/C9H16F3NO4S/c10-9(11,12)2-1-5-18(15,16)13-3-4-17-8(6-13)7-14/h8,14H,1-7H2. The predicted molar refractivity (Wildman–Crippen MR) is 57.5 cm³/mol. The quantitative estimate of drug-likeness (QED) is 0.794. The molecule has 0 bridgehead atoms. The van der Waals surface area contributed by atoms with E-state index in [-0.39, 0.29) is 26.3 Å². The van der Waals surface area contributed by atoms with Gasteiger partial charge in [-0.15, -0.1) is 0 Å². The smallest absolute Gasteiger partial charge is 0.389 e. The Morgan fingerprint density at radius 1 is 1.39 bits per heavy atom. The van der Waals surface area contributed by atoms with Crippen molar-refractivity contribution in [1.29, 1.82) is 0 Å². The van der Waals surface area contributed by atoms with Gasteiger partial charge in [0.2, 0.25) is 10.0 Å². The van der Waals surface area contributed by atoms with E-state index >= 15 is 0 Å². The van der Waals surface area contributed by atoms with E-state index < -0.39 is 40.9 Å². The Morgan fingerprint density at radius 2 is 2.06 bits per heavy atom. The highest BCUT2D eigenvalue weighted by Crippen LogP contribution is 2.22. The number of alkyl halides is 3. The molecule has 0 spiro atoms. The van der Waals surface area contributed by atoms with E-state index in [9.17, 15) is 21.6 Å². The van der Waals surface area contributed by atoms with Crippen LogP contribution in [0.25, 0.3) is 0 Å². The van der Waals surface area contributed by atoms with Crippen LogP contribution >= 0.6 is 0 Å². The summed E-state index contributed by atoms with van der Waals surface area (Å²) in [6.45, 7) is -0.0615. The molecule has 0 aromatic heterocycles. The van der Waals surface area contributed by atoms with E-state index in [1.54, 1.807) is 0 Å². The highest BCUT2D eigenvalue weighted by atomic mass is 32.2. The van der Waals surface area contributed by atoms with Gasteiger partial charge in [0.1, 0.15) is 0 Å². The van der Waals surface area contributed by atoms with Crippen LogP contribution in [0.2, 0.25) is 0 Å². The monoisotopic (exact) mass is 291 g/mol. The minimum absolute atomic E-state index is 0.00908. The Kier molecular flexibility index (Phi) is 5.38. The van der Waals surface area contributed by atoms with Gasteiger partial charge in [-0.3, -0.25) is 0 Å². The van der Waals surface area contributed by atoms with E-state index in [0.717, 1.165) is 4.31 Å². The summed E-state index contributed by atoms with van der Waals surface area (Å²) in [6, 6.07) is 0. The summed E-state index contributed by atoms with van der Waals surface area (Å²) in [4.78, 5) is 0. The number of hydrogen-bond acceptors (Lipinski definition) is 4. The van der Waals surface area contributed by atoms with Crippen molar-refractivity contribution in [2.45, 2.75) is 25.1 Å². The number of aliphatic hydroxyl groups is 1. The van der Waals surface area contributed by atoms with Gasteiger partial charge in [0.15, 0.2) is 0 Å². The Bertz CT molecular complexity index is 357. The van der Waals surface area contributed by atoms with E-state index in [2.05, 4.69) is 0 Å². The summed E-state index contributed by atoms with van der Waals surface area (Å²) in [5.74, 6) is -0.537. The molecule has 5 nitrogen and oxygen atoms in total. The lowest BCUT2D eigenvalue weighted by atomic mass is 10.3. The van der Waals surface area contributed by atoms with Crippen molar-refractivity contribution >= 4 is 10.0 Å². The second-order valence-electron chi connectivity index (χ2n) is 4.07. The first kappa shape index (κ1) is 15.7. The second kappa shape index (κ2) is 6.18. The lowest BCUT2D eigenvalue weighted by Gasteiger charge is -2.31. The van der Waals surface area contributed by atoms with Crippen LogP contribution < -0.4 is 0 Å². The van der Waals surface area contributed by atoms with Crippen LogP contribution in [0.15, 0.2) is 0 Å². The first-order valence-corrected chi connectivity index (χ1v) is 7.12. The molecular formula is C9H16F3NO4S. The Morgan fingerprint density at radius 3 is 2.61 bits per heavy atom. The molecular weight excluding hydrogens is 275 g/mol. The third-order valence-electron chi connectivity index (χ3n) is 2.56. The number of morpholine rings is 1. The van der Waals surface area contributed by atoms with Crippen LogP contribution in [0.1, 0.15) is 12.8 Å².